The van der Waals surface area contributed by atoms with E-state index < -0.39 is 0 Å². The Labute approximate surface area is 159 Å². The van der Waals surface area contributed by atoms with Crippen molar-refractivity contribution in [3.8, 4) is 34.0 Å². The second-order valence-electron chi connectivity index (χ2n) is 5.86. The highest BCUT2D eigenvalue weighted by Crippen LogP contribution is 2.38. The number of benzene rings is 2. The molecule has 2 heterocycles. The molecule has 0 aliphatic carbocycles. The minimum absolute atomic E-state index is 0.251. The van der Waals surface area contributed by atoms with Crippen molar-refractivity contribution in [2.24, 2.45) is 0 Å². The molecule has 0 bridgehead atoms. The van der Waals surface area contributed by atoms with E-state index in [0.717, 1.165) is 16.7 Å². The number of methoxy groups -OCH3 is 2. The minimum atomic E-state index is -0.270. The number of para-hydroxylation sites is 1. The third kappa shape index (κ3) is 2.94. The van der Waals surface area contributed by atoms with E-state index in [2.05, 4.69) is 10.1 Å². The molecular weight excluding hydrogens is 366 g/mol. The molecule has 1 N–H and O–H groups in total. The van der Waals surface area contributed by atoms with E-state index in [1.54, 1.807) is 19.2 Å². The SMILES string of the molecule is COc1cc(=O)n2[nH]c(-c3ccccc3OC)c(-c3ccc(Cl)cc3)c2n1. The molecule has 136 valence electrons. The number of H-pyrrole nitrogens is 1. The van der Waals surface area contributed by atoms with Crippen LogP contribution in [0.3, 0.4) is 0 Å². The Bertz CT molecular complexity index is 1180. The van der Waals surface area contributed by atoms with Gasteiger partial charge in [-0.15, -0.1) is 0 Å². The summed E-state index contributed by atoms with van der Waals surface area (Å²) >= 11 is 6.05. The molecule has 0 radical (unpaired) electrons. The Morgan fingerprint density at radius 1 is 1.04 bits per heavy atom. The predicted molar refractivity (Wildman–Crippen MR) is 105 cm³/mol. The van der Waals surface area contributed by atoms with E-state index in [4.69, 9.17) is 21.1 Å². The maximum atomic E-state index is 12.6. The van der Waals surface area contributed by atoms with Crippen LogP contribution in [0, 0.1) is 0 Å². The number of nitrogens with zero attached hydrogens (tertiary/aromatic N) is 2. The van der Waals surface area contributed by atoms with Gasteiger partial charge >= 0.3 is 0 Å². The van der Waals surface area contributed by atoms with E-state index in [-0.39, 0.29) is 11.4 Å². The highest BCUT2D eigenvalue weighted by Gasteiger charge is 2.20. The Morgan fingerprint density at radius 2 is 1.78 bits per heavy atom. The molecule has 0 spiro atoms. The lowest BCUT2D eigenvalue weighted by molar-refractivity contribution is 0.397. The van der Waals surface area contributed by atoms with Gasteiger partial charge in [0.15, 0.2) is 5.65 Å². The monoisotopic (exact) mass is 381 g/mol. The summed E-state index contributed by atoms with van der Waals surface area (Å²) < 4.78 is 12.1. The van der Waals surface area contributed by atoms with Crippen LogP contribution in [-0.2, 0) is 0 Å². The molecule has 0 saturated heterocycles. The lowest BCUT2D eigenvalue weighted by Crippen LogP contribution is -2.14. The Kier molecular flexibility index (Phi) is 4.33. The van der Waals surface area contributed by atoms with Gasteiger partial charge in [-0.25, -0.2) is 4.52 Å². The summed E-state index contributed by atoms with van der Waals surface area (Å²) in [6, 6.07) is 16.3. The number of hydrogen-bond acceptors (Lipinski definition) is 4. The Morgan fingerprint density at radius 3 is 2.48 bits per heavy atom. The Balaban J connectivity index is 2.12. The van der Waals surface area contributed by atoms with Gasteiger partial charge < -0.3 is 9.47 Å². The molecule has 4 aromatic rings. The summed E-state index contributed by atoms with van der Waals surface area (Å²) in [5.41, 5.74) is 3.34. The highest BCUT2D eigenvalue weighted by atomic mass is 35.5. The van der Waals surface area contributed by atoms with Crippen molar-refractivity contribution in [3.63, 3.8) is 0 Å². The van der Waals surface area contributed by atoms with Gasteiger partial charge in [0.1, 0.15) is 5.75 Å². The lowest BCUT2D eigenvalue weighted by atomic mass is 10.0. The van der Waals surface area contributed by atoms with Gasteiger partial charge in [0.25, 0.3) is 5.56 Å². The van der Waals surface area contributed by atoms with Crippen LogP contribution < -0.4 is 15.0 Å². The summed E-state index contributed by atoms with van der Waals surface area (Å²) in [7, 11) is 3.09. The van der Waals surface area contributed by atoms with Crippen molar-refractivity contribution in [2.75, 3.05) is 14.2 Å². The second-order valence-corrected chi connectivity index (χ2v) is 6.30. The number of aromatic amines is 1. The standard InChI is InChI=1S/C20H16ClN3O3/c1-26-15-6-4-3-5-14(15)19-18(12-7-9-13(21)10-8-12)20-22-16(27-2)11-17(25)24(20)23-19/h3-11,23H,1-2H3. The largest absolute Gasteiger partial charge is 0.496 e. The summed E-state index contributed by atoms with van der Waals surface area (Å²) in [6.45, 7) is 0. The van der Waals surface area contributed by atoms with Gasteiger partial charge in [0.2, 0.25) is 5.88 Å². The molecule has 0 atom stereocenters. The number of aromatic nitrogens is 3. The molecule has 2 aromatic carbocycles. The zero-order chi connectivity index (χ0) is 19.0. The maximum absolute atomic E-state index is 12.6. The molecule has 0 aliphatic rings. The van der Waals surface area contributed by atoms with Gasteiger partial charge in [0.05, 0.1) is 31.5 Å². The first-order chi connectivity index (χ1) is 13.1. The maximum Gasteiger partial charge on any atom is 0.276 e. The molecular formula is C20H16ClN3O3. The van der Waals surface area contributed by atoms with Gasteiger partial charge in [-0.1, -0.05) is 35.9 Å². The normalized spacial score (nSPS) is 10.9. The van der Waals surface area contributed by atoms with E-state index in [1.807, 2.05) is 36.4 Å². The molecule has 7 heteroatoms. The van der Waals surface area contributed by atoms with Gasteiger partial charge in [-0.05, 0) is 29.8 Å². The van der Waals surface area contributed by atoms with Crippen molar-refractivity contribution in [2.45, 2.75) is 0 Å². The topological polar surface area (TPSA) is 68.6 Å². The van der Waals surface area contributed by atoms with Gasteiger partial charge in [-0.2, -0.15) is 4.98 Å². The number of nitrogens with one attached hydrogen (secondary N) is 1. The number of ether oxygens (including phenoxy) is 2. The van der Waals surface area contributed by atoms with Crippen LogP contribution >= 0.6 is 11.6 Å². The fourth-order valence-electron chi connectivity index (χ4n) is 3.06. The zero-order valence-corrected chi connectivity index (χ0v) is 15.4. The Hall–Kier alpha value is -3.25. The average Bonchev–Trinajstić information content (AvgIpc) is 3.08. The van der Waals surface area contributed by atoms with Gasteiger partial charge in [0, 0.05) is 10.6 Å². The molecule has 2 aromatic heterocycles. The van der Waals surface area contributed by atoms with Gasteiger partial charge in [-0.3, -0.25) is 9.89 Å². The number of hydrogen-bond donors (Lipinski definition) is 1. The van der Waals surface area contributed by atoms with Crippen LogP contribution in [0.15, 0.2) is 59.4 Å². The number of rotatable bonds is 4. The van der Waals surface area contributed by atoms with E-state index in [0.29, 0.717) is 22.1 Å². The minimum Gasteiger partial charge on any atom is -0.496 e. The molecule has 0 aliphatic heterocycles. The van der Waals surface area contributed by atoms with Crippen molar-refractivity contribution in [1.82, 2.24) is 14.6 Å². The van der Waals surface area contributed by atoms with Crippen LogP contribution in [-0.4, -0.2) is 28.8 Å². The fourth-order valence-corrected chi connectivity index (χ4v) is 3.18. The highest BCUT2D eigenvalue weighted by molar-refractivity contribution is 6.30. The van der Waals surface area contributed by atoms with E-state index >= 15 is 0 Å². The number of fused-ring (bicyclic) bond motifs is 1. The molecule has 6 nitrogen and oxygen atoms in total. The first kappa shape index (κ1) is 17.2. The molecule has 4 rings (SSSR count). The average molecular weight is 382 g/mol. The lowest BCUT2D eigenvalue weighted by Gasteiger charge is -2.09. The van der Waals surface area contributed by atoms with E-state index in [1.165, 1.54) is 17.7 Å². The van der Waals surface area contributed by atoms with Crippen LogP contribution in [0.4, 0.5) is 0 Å². The third-order valence-corrected chi connectivity index (χ3v) is 4.56. The van der Waals surface area contributed by atoms with Crippen LogP contribution in [0.5, 0.6) is 11.6 Å². The molecule has 0 amide bonds. The van der Waals surface area contributed by atoms with Crippen LogP contribution in [0.1, 0.15) is 0 Å². The van der Waals surface area contributed by atoms with E-state index in [9.17, 15) is 4.79 Å². The smallest absolute Gasteiger partial charge is 0.276 e. The molecule has 0 unspecified atom stereocenters. The molecule has 27 heavy (non-hydrogen) atoms. The predicted octanol–water partition coefficient (Wildman–Crippen LogP) is 4.03. The van der Waals surface area contributed by atoms with Crippen LogP contribution in [0.2, 0.25) is 5.02 Å². The van der Waals surface area contributed by atoms with Crippen molar-refractivity contribution in [1.29, 1.82) is 0 Å². The summed E-state index contributed by atoms with van der Waals surface area (Å²) in [5, 5.41) is 3.79. The van der Waals surface area contributed by atoms with Crippen molar-refractivity contribution in [3.05, 3.63) is 70.0 Å². The second kappa shape index (κ2) is 6.81. The quantitative estimate of drug-likeness (QED) is 0.579. The van der Waals surface area contributed by atoms with Crippen molar-refractivity contribution < 1.29 is 9.47 Å². The summed E-state index contributed by atoms with van der Waals surface area (Å²) in [5.74, 6) is 0.931. The van der Waals surface area contributed by atoms with Crippen molar-refractivity contribution >= 4 is 17.2 Å². The molecule has 0 fully saturated rings. The van der Waals surface area contributed by atoms with Crippen LogP contribution in [0.25, 0.3) is 28.0 Å². The first-order valence-electron chi connectivity index (χ1n) is 8.21. The number of halogens is 1. The fraction of sp³-hybridized carbons (Fsp3) is 0.100. The summed E-state index contributed by atoms with van der Waals surface area (Å²) in [4.78, 5) is 17.0. The third-order valence-electron chi connectivity index (χ3n) is 4.31. The first-order valence-corrected chi connectivity index (χ1v) is 8.59. The molecule has 0 saturated carbocycles. The summed E-state index contributed by atoms with van der Waals surface area (Å²) in [6.07, 6.45) is 0. The zero-order valence-electron chi connectivity index (χ0n) is 14.7.